The van der Waals surface area contributed by atoms with E-state index in [0.29, 0.717) is 19.8 Å². The number of ether oxygens (including phenoxy) is 1. The van der Waals surface area contributed by atoms with Gasteiger partial charge in [-0.3, -0.25) is 4.79 Å². The molecular formula is C9H18N2O3. The van der Waals surface area contributed by atoms with E-state index < -0.39 is 6.10 Å². The quantitative estimate of drug-likeness (QED) is 0.531. The van der Waals surface area contributed by atoms with Crippen molar-refractivity contribution in [2.75, 3.05) is 26.8 Å². The molecule has 0 aromatic carbocycles. The summed E-state index contributed by atoms with van der Waals surface area (Å²) in [6.45, 7) is 2.97. The van der Waals surface area contributed by atoms with Crippen molar-refractivity contribution in [1.82, 2.24) is 10.6 Å². The molecule has 0 spiro atoms. The number of aliphatic hydroxyl groups excluding tert-OH is 1. The predicted molar refractivity (Wildman–Crippen MR) is 51.8 cm³/mol. The maximum Gasteiger partial charge on any atom is 0.227 e. The third kappa shape index (κ3) is 2.94. The monoisotopic (exact) mass is 202 g/mol. The average Bonchev–Trinajstić information content (AvgIpc) is 2.61. The Bertz CT molecular complexity index is 196. The fourth-order valence-corrected chi connectivity index (χ4v) is 1.48. The van der Waals surface area contributed by atoms with Crippen LogP contribution in [0.1, 0.15) is 6.92 Å². The molecule has 0 bridgehead atoms. The summed E-state index contributed by atoms with van der Waals surface area (Å²) in [5.74, 6) is -0.193. The first kappa shape index (κ1) is 11.4. The number of hydrogen-bond donors (Lipinski definition) is 3. The minimum absolute atomic E-state index is 0.0530. The highest BCUT2D eigenvalue weighted by Gasteiger charge is 2.32. The minimum atomic E-state index is -0.505. The van der Waals surface area contributed by atoms with Crippen molar-refractivity contribution in [2.45, 2.75) is 19.1 Å². The molecule has 5 heteroatoms. The van der Waals surface area contributed by atoms with Gasteiger partial charge in [0.2, 0.25) is 5.91 Å². The molecular weight excluding hydrogens is 184 g/mol. The topological polar surface area (TPSA) is 70.6 Å². The van der Waals surface area contributed by atoms with E-state index in [9.17, 15) is 4.79 Å². The normalized spacial score (nSPS) is 28.8. The van der Waals surface area contributed by atoms with Crippen molar-refractivity contribution in [2.24, 2.45) is 5.92 Å². The lowest BCUT2D eigenvalue weighted by Crippen LogP contribution is -2.44. The molecule has 0 saturated carbocycles. The highest BCUT2D eigenvalue weighted by atomic mass is 16.5. The zero-order valence-corrected chi connectivity index (χ0v) is 8.62. The van der Waals surface area contributed by atoms with Crippen molar-refractivity contribution in [1.29, 1.82) is 0 Å². The summed E-state index contributed by atoms with van der Waals surface area (Å²) in [7, 11) is 1.81. The number of carbonyl (C=O) groups is 1. The van der Waals surface area contributed by atoms with Crippen LogP contribution in [0.5, 0.6) is 0 Å². The second-order valence-electron chi connectivity index (χ2n) is 3.63. The maximum absolute atomic E-state index is 11.6. The lowest BCUT2D eigenvalue weighted by Gasteiger charge is -2.16. The lowest BCUT2D eigenvalue weighted by atomic mass is 10.0. The van der Waals surface area contributed by atoms with Crippen molar-refractivity contribution in [3.05, 3.63) is 0 Å². The van der Waals surface area contributed by atoms with Crippen LogP contribution >= 0.6 is 0 Å². The predicted octanol–water partition coefficient (Wildman–Crippen LogP) is -1.28. The molecule has 1 rings (SSSR count). The molecule has 1 heterocycles. The second-order valence-corrected chi connectivity index (χ2v) is 3.63. The maximum atomic E-state index is 11.6. The summed E-state index contributed by atoms with van der Waals surface area (Å²) in [5, 5.41) is 14.7. The van der Waals surface area contributed by atoms with Gasteiger partial charge >= 0.3 is 0 Å². The first-order valence-corrected chi connectivity index (χ1v) is 4.86. The van der Waals surface area contributed by atoms with E-state index in [2.05, 4.69) is 10.6 Å². The Morgan fingerprint density at radius 1 is 1.64 bits per heavy atom. The molecule has 0 aromatic heterocycles. The van der Waals surface area contributed by atoms with Crippen molar-refractivity contribution in [3.8, 4) is 0 Å². The summed E-state index contributed by atoms with van der Waals surface area (Å²) >= 11 is 0. The third-order valence-corrected chi connectivity index (χ3v) is 2.36. The summed E-state index contributed by atoms with van der Waals surface area (Å²) in [6, 6.07) is 0.0870. The van der Waals surface area contributed by atoms with Crippen LogP contribution in [-0.2, 0) is 9.53 Å². The van der Waals surface area contributed by atoms with Crippen molar-refractivity contribution in [3.63, 3.8) is 0 Å². The zero-order chi connectivity index (χ0) is 10.6. The highest BCUT2D eigenvalue weighted by Crippen LogP contribution is 2.13. The number of amides is 1. The molecule has 1 saturated heterocycles. The van der Waals surface area contributed by atoms with Crippen LogP contribution in [0.15, 0.2) is 0 Å². The molecule has 1 fully saturated rings. The van der Waals surface area contributed by atoms with Crippen LogP contribution in [0.3, 0.4) is 0 Å². The van der Waals surface area contributed by atoms with Gasteiger partial charge in [-0.2, -0.15) is 0 Å². The summed E-state index contributed by atoms with van der Waals surface area (Å²) in [4.78, 5) is 11.6. The van der Waals surface area contributed by atoms with E-state index in [-0.39, 0.29) is 17.9 Å². The Balaban J connectivity index is 2.35. The first-order chi connectivity index (χ1) is 6.65. The molecule has 1 aliphatic heterocycles. The second kappa shape index (κ2) is 5.29. The average molecular weight is 202 g/mol. The van der Waals surface area contributed by atoms with Gasteiger partial charge < -0.3 is 20.5 Å². The molecule has 0 aliphatic carbocycles. The molecule has 0 radical (unpaired) electrons. The Morgan fingerprint density at radius 2 is 2.36 bits per heavy atom. The Kier molecular flexibility index (Phi) is 4.31. The molecule has 1 aliphatic rings. The van der Waals surface area contributed by atoms with Crippen LogP contribution in [-0.4, -0.2) is 50.0 Å². The number of likely N-dealkylation sites (N-methyl/N-ethyl adjacent to an activating group) is 1. The molecule has 3 N–H and O–H groups in total. The summed E-state index contributed by atoms with van der Waals surface area (Å²) in [6.07, 6.45) is -0.505. The fraction of sp³-hybridized carbons (Fsp3) is 0.889. The smallest absolute Gasteiger partial charge is 0.227 e. The van der Waals surface area contributed by atoms with Crippen LogP contribution < -0.4 is 10.6 Å². The van der Waals surface area contributed by atoms with Gasteiger partial charge in [-0.15, -0.1) is 0 Å². The minimum Gasteiger partial charge on any atom is -0.392 e. The van der Waals surface area contributed by atoms with Crippen LogP contribution in [0.4, 0.5) is 0 Å². The SMILES string of the molecule is CNC1COCC1C(=O)NCC(C)O. The van der Waals surface area contributed by atoms with E-state index in [1.807, 2.05) is 7.05 Å². The largest absolute Gasteiger partial charge is 0.392 e. The van der Waals surface area contributed by atoms with Crippen molar-refractivity contribution < 1.29 is 14.6 Å². The van der Waals surface area contributed by atoms with Crippen molar-refractivity contribution >= 4 is 5.91 Å². The third-order valence-electron chi connectivity index (χ3n) is 2.36. The van der Waals surface area contributed by atoms with Gasteiger partial charge in [-0.1, -0.05) is 0 Å². The molecule has 82 valence electrons. The first-order valence-electron chi connectivity index (χ1n) is 4.86. The molecule has 1 amide bonds. The molecule has 3 unspecified atom stereocenters. The van der Waals surface area contributed by atoms with E-state index in [1.54, 1.807) is 6.92 Å². The van der Waals surface area contributed by atoms with Crippen LogP contribution in [0.25, 0.3) is 0 Å². The molecule has 14 heavy (non-hydrogen) atoms. The lowest BCUT2D eigenvalue weighted by molar-refractivity contribution is -0.125. The van der Waals surface area contributed by atoms with Gasteiger partial charge in [0.15, 0.2) is 0 Å². The van der Waals surface area contributed by atoms with E-state index in [0.717, 1.165) is 0 Å². The zero-order valence-electron chi connectivity index (χ0n) is 8.62. The Morgan fingerprint density at radius 3 is 2.93 bits per heavy atom. The molecule has 5 nitrogen and oxygen atoms in total. The summed E-state index contributed by atoms with van der Waals surface area (Å²) < 4.78 is 5.20. The Hall–Kier alpha value is -0.650. The standard InChI is InChI=1S/C9H18N2O3/c1-6(12)3-11-9(13)7-4-14-5-8(7)10-2/h6-8,10,12H,3-5H2,1-2H3,(H,11,13). The van der Waals surface area contributed by atoms with Gasteiger partial charge in [-0.25, -0.2) is 0 Å². The number of nitrogens with one attached hydrogen (secondary N) is 2. The summed E-state index contributed by atoms with van der Waals surface area (Å²) in [5.41, 5.74) is 0. The molecule has 0 aromatic rings. The van der Waals surface area contributed by atoms with Gasteiger partial charge in [0.1, 0.15) is 0 Å². The highest BCUT2D eigenvalue weighted by molar-refractivity contribution is 5.79. The van der Waals surface area contributed by atoms with Gasteiger partial charge in [0.25, 0.3) is 0 Å². The van der Waals surface area contributed by atoms with E-state index in [4.69, 9.17) is 9.84 Å². The Labute approximate surface area is 83.8 Å². The van der Waals surface area contributed by atoms with Crippen LogP contribution in [0, 0.1) is 5.92 Å². The van der Waals surface area contributed by atoms with Gasteiger partial charge in [0, 0.05) is 12.6 Å². The van der Waals surface area contributed by atoms with E-state index >= 15 is 0 Å². The van der Waals surface area contributed by atoms with Crippen LogP contribution in [0.2, 0.25) is 0 Å². The number of hydrogen-bond acceptors (Lipinski definition) is 4. The number of carbonyl (C=O) groups excluding carboxylic acids is 1. The number of aliphatic hydroxyl groups is 1. The van der Waals surface area contributed by atoms with Gasteiger partial charge in [0.05, 0.1) is 25.2 Å². The molecule has 3 atom stereocenters. The van der Waals surface area contributed by atoms with Gasteiger partial charge in [-0.05, 0) is 14.0 Å². The number of rotatable bonds is 4. The van der Waals surface area contributed by atoms with E-state index in [1.165, 1.54) is 0 Å². The fourth-order valence-electron chi connectivity index (χ4n) is 1.48.